The molecule has 1 aliphatic heterocycles. The number of hydrogen-bond acceptors (Lipinski definition) is 3. The van der Waals surface area contributed by atoms with Gasteiger partial charge in [-0.15, -0.1) is 0 Å². The lowest BCUT2D eigenvalue weighted by Crippen LogP contribution is -2.37. The molecule has 1 aromatic rings. The summed E-state index contributed by atoms with van der Waals surface area (Å²) in [5.41, 5.74) is 3.36. The van der Waals surface area contributed by atoms with Gasteiger partial charge in [-0.25, -0.2) is 10.3 Å². The van der Waals surface area contributed by atoms with E-state index in [0.29, 0.717) is 13.2 Å². The van der Waals surface area contributed by atoms with Gasteiger partial charge in [-0.05, 0) is 25.8 Å². The van der Waals surface area contributed by atoms with Crippen LogP contribution in [0.3, 0.4) is 0 Å². The van der Waals surface area contributed by atoms with E-state index in [1.165, 1.54) is 0 Å². The van der Waals surface area contributed by atoms with E-state index in [1.54, 1.807) is 0 Å². The fourth-order valence-corrected chi connectivity index (χ4v) is 2.00. The minimum atomic E-state index is -0.321. The fourth-order valence-electron chi connectivity index (χ4n) is 2.00. The summed E-state index contributed by atoms with van der Waals surface area (Å²) >= 11 is 0. The van der Waals surface area contributed by atoms with Gasteiger partial charge in [0.05, 0.1) is 19.3 Å². The number of rotatable bonds is 3. The third-order valence-electron chi connectivity index (χ3n) is 2.80. The van der Waals surface area contributed by atoms with Crippen molar-refractivity contribution in [1.82, 2.24) is 10.8 Å². The van der Waals surface area contributed by atoms with Gasteiger partial charge >= 0.3 is 6.03 Å². The van der Waals surface area contributed by atoms with Crippen molar-refractivity contribution in [3.8, 4) is 5.75 Å². The first-order valence-electron chi connectivity index (χ1n) is 6.21. The SMILES string of the molecule is CCONC(=O)NC1CCCOc2ccccc21. The Balaban J connectivity index is 2.06. The van der Waals surface area contributed by atoms with Crippen LogP contribution in [0.2, 0.25) is 0 Å². The van der Waals surface area contributed by atoms with Gasteiger partial charge in [-0.2, -0.15) is 0 Å². The van der Waals surface area contributed by atoms with Crippen molar-refractivity contribution in [1.29, 1.82) is 0 Å². The maximum Gasteiger partial charge on any atom is 0.339 e. The standard InChI is InChI=1S/C13H18N2O3/c1-2-18-15-13(16)14-11-7-5-9-17-12-8-4-3-6-10(11)12/h3-4,6,8,11H,2,5,7,9H2,1H3,(H2,14,15,16). The van der Waals surface area contributed by atoms with Crippen molar-refractivity contribution in [2.75, 3.05) is 13.2 Å². The monoisotopic (exact) mass is 250 g/mol. The van der Waals surface area contributed by atoms with E-state index in [1.807, 2.05) is 31.2 Å². The van der Waals surface area contributed by atoms with Crippen LogP contribution in [-0.4, -0.2) is 19.2 Å². The lowest BCUT2D eigenvalue weighted by Gasteiger charge is -2.18. The number of ether oxygens (including phenoxy) is 1. The lowest BCUT2D eigenvalue weighted by atomic mass is 10.0. The van der Waals surface area contributed by atoms with Crippen LogP contribution in [0, 0.1) is 0 Å². The molecule has 0 aromatic heterocycles. The summed E-state index contributed by atoms with van der Waals surface area (Å²) < 4.78 is 5.64. The van der Waals surface area contributed by atoms with E-state index >= 15 is 0 Å². The Morgan fingerprint density at radius 3 is 3.17 bits per heavy atom. The Morgan fingerprint density at radius 1 is 1.50 bits per heavy atom. The van der Waals surface area contributed by atoms with Gasteiger partial charge in [0.15, 0.2) is 0 Å². The molecule has 1 aromatic carbocycles. The molecule has 2 amide bonds. The molecule has 0 fully saturated rings. The second-order valence-corrected chi connectivity index (χ2v) is 4.09. The molecule has 0 saturated carbocycles. The molecule has 0 bridgehead atoms. The van der Waals surface area contributed by atoms with Gasteiger partial charge in [0.1, 0.15) is 5.75 Å². The second-order valence-electron chi connectivity index (χ2n) is 4.09. The average Bonchev–Trinajstić information content (AvgIpc) is 2.59. The predicted octanol–water partition coefficient (Wildman–Crippen LogP) is 2.15. The number of fused-ring (bicyclic) bond motifs is 1. The highest BCUT2D eigenvalue weighted by atomic mass is 16.7. The van der Waals surface area contributed by atoms with Crippen LogP contribution in [0.15, 0.2) is 24.3 Å². The maximum absolute atomic E-state index is 11.6. The number of urea groups is 1. The highest BCUT2D eigenvalue weighted by Crippen LogP contribution is 2.30. The van der Waals surface area contributed by atoms with Crippen LogP contribution >= 0.6 is 0 Å². The highest BCUT2D eigenvalue weighted by Gasteiger charge is 2.20. The fraction of sp³-hybridized carbons (Fsp3) is 0.462. The highest BCUT2D eigenvalue weighted by molar-refractivity contribution is 5.73. The molecular weight excluding hydrogens is 232 g/mol. The molecule has 18 heavy (non-hydrogen) atoms. The van der Waals surface area contributed by atoms with Crippen molar-refractivity contribution in [3.63, 3.8) is 0 Å². The Bertz CT molecular complexity index is 409. The molecule has 1 heterocycles. The molecule has 98 valence electrons. The Labute approximate surface area is 106 Å². The minimum Gasteiger partial charge on any atom is -0.493 e. The molecule has 2 N–H and O–H groups in total. The van der Waals surface area contributed by atoms with Crippen molar-refractivity contribution in [3.05, 3.63) is 29.8 Å². The van der Waals surface area contributed by atoms with Gasteiger partial charge < -0.3 is 10.1 Å². The summed E-state index contributed by atoms with van der Waals surface area (Å²) in [5.74, 6) is 0.844. The van der Waals surface area contributed by atoms with Gasteiger partial charge in [0.25, 0.3) is 0 Å². The molecule has 5 nitrogen and oxygen atoms in total. The summed E-state index contributed by atoms with van der Waals surface area (Å²) in [5, 5.41) is 2.89. The zero-order valence-corrected chi connectivity index (χ0v) is 10.4. The topological polar surface area (TPSA) is 59.6 Å². The van der Waals surface area contributed by atoms with Crippen LogP contribution in [0.1, 0.15) is 31.4 Å². The average molecular weight is 250 g/mol. The van der Waals surface area contributed by atoms with Crippen molar-refractivity contribution >= 4 is 6.03 Å². The molecular formula is C13H18N2O3. The lowest BCUT2D eigenvalue weighted by molar-refractivity contribution is 0.0694. The maximum atomic E-state index is 11.6. The molecule has 0 spiro atoms. The van der Waals surface area contributed by atoms with E-state index in [9.17, 15) is 4.79 Å². The first-order valence-corrected chi connectivity index (χ1v) is 6.21. The quantitative estimate of drug-likeness (QED) is 0.808. The molecule has 0 saturated heterocycles. The summed E-state index contributed by atoms with van der Waals surface area (Å²) in [7, 11) is 0. The molecule has 2 rings (SSSR count). The van der Waals surface area contributed by atoms with Crippen LogP contribution in [0.25, 0.3) is 0 Å². The van der Waals surface area contributed by atoms with Crippen molar-refractivity contribution in [2.45, 2.75) is 25.8 Å². The van der Waals surface area contributed by atoms with E-state index in [2.05, 4.69) is 10.8 Å². The van der Waals surface area contributed by atoms with E-state index < -0.39 is 0 Å². The van der Waals surface area contributed by atoms with Crippen molar-refractivity contribution in [2.24, 2.45) is 0 Å². The van der Waals surface area contributed by atoms with E-state index in [-0.39, 0.29) is 12.1 Å². The van der Waals surface area contributed by atoms with Crippen LogP contribution in [-0.2, 0) is 4.84 Å². The number of hydroxylamine groups is 1. The minimum absolute atomic E-state index is 0.0378. The third-order valence-corrected chi connectivity index (χ3v) is 2.80. The first-order chi connectivity index (χ1) is 8.81. The first kappa shape index (κ1) is 12.7. The molecule has 0 radical (unpaired) electrons. The largest absolute Gasteiger partial charge is 0.493 e. The van der Waals surface area contributed by atoms with Crippen LogP contribution in [0.5, 0.6) is 5.75 Å². The summed E-state index contributed by atoms with van der Waals surface area (Å²) in [4.78, 5) is 16.5. The Kier molecular flexibility index (Phi) is 4.41. The predicted molar refractivity (Wildman–Crippen MR) is 67.2 cm³/mol. The smallest absolute Gasteiger partial charge is 0.339 e. The number of nitrogens with one attached hydrogen (secondary N) is 2. The summed E-state index contributed by atoms with van der Waals surface area (Å²) in [6.45, 7) is 2.94. The Morgan fingerprint density at radius 2 is 2.33 bits per heavy atom. The summed E-state index contributed by atoms with van der Waals surface area (Å²) in [6, 6.07) is 7.43. The number of amides is 2. The van der Waals surface area contributed by atoms with Crippen LogP contribution < -0.4 is 15.5 Å². The molecule has 5 heteroatoms. The van der Waals surface area contributed by atoms with Gasteiger partial charge in [0.2, 0.25) is 0 Å². The summed E-state index contributed by atoms with van der Waals surface area (Å²) in [6.07, 6.45) is 1.77. The number of hydrogen-bond donors (Lipinski definition) is 2. The number of carbonyl (C=O) groups is 1. The van der Waals surface area contributed by atoms with E-state index in [4.69, 9.17) is 9.57 Å². The number of benzene rings is 1. The van der Waals surface area contributed by atoms with Gasteiger partial charge in [-0.3, -0.25) is 4.84 Å². The van der Waals surface area contributed by atoms with Gasteiger partial charge in [-0.1, -0.05) is 18.2 Å². The number of carbonyl (C=O) groups excluding carboxylic acids is 1. The molecule has 0 aliphatic carbocycles. The third kappa shape index (κ3) is 3.13. The van der Waals surface area contributed by atoms with Crippen molar-refractivity contribution < 1.29 is 14.4 Å². The molecule has 1 unspecified atom stereocenters. The molecule has 1 aliphatic rings. The Hall–Kier alpha value is -1.75. The normalized spacial score (nSPS) is 18.2. The second kappa shape index (κ2) is 6.26. The van der Waals surface area contributed by atoms with Gasteiger partial charge in [0, 0.05) is 5.56 Å². The zero-order chi connectivity index (χ0) is 12.8. The molecule has 1 atom stereocenters. The van der Waals surface area contributed by atoms with Crippen LogP contribution in [0.4, 0.5) is 4.79 Å². The number of para-hydroxylation sites is 1. The zero-order valence-electron chi connectivity index (χ0n) is 10.4. The van der Waals surface area contributed by atoms with E-state index in [0.717, 1.165) is 24.2 Å².